The standard InChI is InChI=1S/C12H10N2O2/c13-11-9(2-1-3-10(11)15)12(16)8-4-6-14-7-5-8/h1-7,15H,13H2. The second-order valence-corrected chi connectivity index (χ2v) is 3.30. The molecule has 80 valence electrons. The average molecular weight is 214 g/mol. The summed E-state index contributed by atoms with van der Waals surface area (Å²) in [5, 5.41) is 9.41. The van der Waals surface area contributed by atoms with Crippen LogP contribution in [0.15, 0.2) is 42.7 Å². The van der Waals surface area contributed by atoms with Crippen molar-refractivity contribution < 1.29 is 9.90 Å². The Balaban J connectivity index is 2.46. The van der Waals surface area contributed by atoms with Gasteiger partial charge in [-0.05, 0) is 24.3 Å². The smallest absolute Gasteiger partial charge is 0.195 e. The maximum Gasteiger partial charge on any atom is 0.195 e. The number of pyridine rings is 1. The van der Waals surface area contributed by atoms with Crippen LogP contribution in [0, 0.1) is 0 Å². The largest absolute Gasteiger partial charge is 0.506 e. The molecule has 0 atom stereocenters. The Bertz CT molecular complexity index is 524. The first-order valence-corrected chi connectivity index (χ1v) is 4.72. The lowest BCUT2D eigenvalue weighted by Crippen LogP contribution is -2.05. The van der Waals surface area contributed by atoms with Crippen LogP contribution in [0.1, 0.15) is 15.9 Å². The van der Waals surface area contributed by atoms with Gasteiger partial charge in [-0.3, -0.25) is 9.78 Å². The molecule has 3 N–H and O–H groups in total. The number of phenolic OH excluding ortho intramolecular Hbond substituents is 1. The van der Waals surface area contributed by atoms with Gasteiger partial charge in [0, 0.05) is 23.5 Å². The number of benzene rings is 1. The summed E-state index contributed by atoms with van der Waals surface area (Å²) in [6.07, 6.45) is 3.07. The maximum absolute atomic E-state index is 12.0. The van der Waals surface area contributed by atoms with Crippen molar-refractivity contribution in [3.8, 4) is 5.75 Å². The van der Waals surface area contributed by atoms with Crippen LogP contribution in [-0.2, 0) is 0 Å². The van der Waals surface area contributed by atoms with E-state index in [1.165, 1.54) is 18.5 Å². The zero-order valence-electron chi connectivity index (χ0n) is 8.42. The molecule has 4 nitrogen and oxygen atoms in total. The van der Waals surface area contributed by atoms with E-state index in [-0.39, 0.29) is 17.2 Å². The van der Waals surface area contributed by atoms with Crippen LogP contribution in [-0.4, -0.2) is 15.9 Å². The highest BCUT2D eigenvalue weighted by atomic mass is 16.3. The zero-order chi connectivity index (χ0) is 11.5. The molecular formula is C12H10N2O2. The van der Waals surface area contributed by atoms with E-state index in [0.29, 0.717) is 11.1 Å². The van der Waals surface area contributed by atoms with Crippen LogP contribution in [0.5, 0.6) is 5.75 Å². The van der Waals surface area contributed by atoms with Gasteiger partial charge in [-0.1, -0.05) is 6.07 Å². The first kappa shape index (κ1) is 10.2. The zero-order valence-corrected chi connectivity index (χ0v) is 8.42. The first-order valence-electron chi connectivity index (χ1n) is 4.72. The van der Waals surface area contributed by atoms with E-state index in [9.17, 15) is 9.90 Å². The summed E-state index contributed by atoms with van der Waals surface area (Å²) in [6, 6.07) is 7.81. The van der Waals surface area contributed by atoms with Crippen molar-refractivity contribution in [2.45, 2.75) is 0 Å². The Morgan fingerprint density at radius 3 is 2.56 bits per heavy atom. The molecule has 0 spiro atoms. The Morgan fingerprint density at radius 2 is 1.88 bits per heavy atom. The van der Waals surface area contributed by atoms with Crippen molar-refractivity contribution >= 4 is 11.5 Å². The van der Waals surface area contributed by atoms with Gasteiger partial charge in [0.25, 0.3) is 0 Å². The summed E-state index contributed by atoms with van der Waals surface area (Å²) in [5.41, 5.74) is 6.53. The minimum atomic E-state index is -0.226. The number of carbonyl (C=O) groups is 1. The van der Waals surface area contributed by atoms with Crippen molar-refractivity contribution in [1.82, 2.24) is 4.98 Å². The van der Waals surface area contributed by atoms with Gasteiger partial charge >= 0.3 is 0 Å². The summed E-state index contributed by atoms with van der Waals surface area (Å²) in [5.74, 6) is -0.310. The highest BCUT2D eigenvalue weighted by Crippen LogP contribution is 2.25. The molecule has 0 amide bonds. The van der Waals surface area contributed by atoms with Crippen LogP contribution in [0.2, 0.25) is 0 Å². The average Bonchev–Trinajstić information content (AvgIpc) is 2.33. The van der Waals surface area contributed by atoms with Gasteiger partial charge in [0.2, 0.25) is 0 Å². The van der Waals surface area contributed by atoms with E-state index in [4.69, 9.17) is 5.73 Å². The summed E-state index contributed by atoms with van der Waals surface area (Å²) in [4.78, 5) is 15.8. The molecule has 1 aromatic heterocycles. The van der Waals surface area contributed by atoms with Gasteiger partial charge in [0.1, 0.15) is 5.75 Å². The molecule has 2 aromatic rings. The second-order valence-electron chi connectivity index (χ2n) is 3.30. The lowest BCUT2D eigenvalue weighted by atomic mass is 10.0. The molecule has 0 aliphatic carbocycles. The number of aromatic hydroxyl groups is 1. The molecular weight excluding hydrogens is 204 g/mol. The molecule has 0 bridgehead atoms. The van der Waals surface area contributed by atoms with Gasteiger partial charge in [-0.2, -0.15) is 0 Å². The number of ketones is 1. The third-order valence-electron chi connectivity index (χ3n) is 2.27. The number of hydrogen-bond donors (Lipinski definition) is 2. The second kappa shape index (κ2) is 4.02. The lowest BCUT2D eigenvalue weighted by molar-refractivity contribution is 0.103. The lowest BCUT2D eigenvalue weighted by Gasteiger charge is -2.05. The SMILES string of the molecule is Nc1c(O)cccc1C(=O)c1ccncc1. The first-order chi connectivity index (χ1) is 7.70. The fourth-order valence-electron chi connectivity index (χ4n) is 1.41. The fraction of sp³-hybridized carbons (Fsp3) is 0. The molecule has 2 rings (SSSR count). The van der Waals surface area contributed by atoms with Crippen molar-refractivity contribution in [3.63, 3.8) is 0 Å². The molecule has 0 fully saturated rings. The predicted octanol–water partition coefficient (Wildman–Crippen LogP) is 1.60. The third kappa shape index (κ3) is 1.72. The number of phenols is 1. The van der Waals surface area contributed by atoms with Gasteiger partial charge in [0.15, 0.2) is 5.78 Å². The van der Waals surface area contributed by atoms with Crippen molar-refractivity contribution in [2.75, 3.05) is 5.73 Å². The van der Waals surface area contributed by atoms with E-state index in [1.807, 2.05) is 0 Å². The Morgan fingerprint density at radius 1 is 1.19 bits per heavy atom. The monoisotopic (exact) mass is 214 g/mol. The quantitative estimate of drug-likeness (QED) is 0.452. The van der Waals surface area contributed by atoms with Gasteiger partial charge in [-0.25, -0.2) is 0 Å². The number of nitrogen functional groups attached to an aromatic ring is 1. The highest BCUT2D eigenvalue weighted by Gasteiger charge is 2.13. The Kier molecular flexibility index (Phi) is 2.55. The molecule has 0 radical (unpaired) electrons. The number of nitrogens with two attached hydrogens (primary N) is 1. The molecule has 0 aliphatic heterocycles. The minimum absolute atomic E-state index is 0.0834. The summed E-state index contributed by atoms with van der Waals surface area (Å²) >= 11 is 0. The molecule has 1 aromatic carbocycles. The van der Waals surface area contributed by atoms with Crippen molar-refractivity contribution in [2.24, 2.45) is 0 Å². The molecule has 4 heteroatoms. The molecule has 0 saturated heterocycles. The number of aromatic nitrogens is 1. The summed E-state index contributed by atoms with van der Waals surface area (Å²) < 4.78 is 0. The maximum atomic E-state index is 12.0. The predicted molar refractivity (Wildman–Crippen MR) is 60.2 cm³/mol. The Hall–Kier alpha value is -2.36. The van der Waals surface area contributed by atoms with Crippen LogP contribution in [0.25, 0.3) is 0 Å². The van der Waals surface area contributed by atoms with Crippen LogP contribution in [0.4, 0.5) is 5.69 Å². The van der Waals surface area contributed by atoms with E-state index < -0.39 is 0 Å². The van der Waals surface area contributed by atoms with E-state index in [0.717, 1.165) is 0 Å². The molecule has 1 heterocycles. The molecule has 0 saturated carbocycles. The topological polar surface area (TPSA) is 76.2 Å². The molecule has 16 heavy (non-hydrogen) atoms. The van der Waals surface area contributed by atoms with Crippen LogP contribution < -0.4 is 5.73 Å². The van der Waals surface area contributed by atoms with E-state index in [1.54, 1.807) is 24.3 Å². The summed E-state index contributed by atoms with van der Waals surface area (Å²) in [6.45, 7) is 0. The normalized spacial score (nSPS) is 10.0. The number of carbonyl (C=O) groups excluding carboxylic acids is 1. The van der Waals surface area contributed by atoms with E-state index >= 15 is 0 Å². The third-order valence-corrected chi connectivity index (χ3v) is 2.27. The minimum Gasteiger partial charge on any atom is -0.506 e. The van der Waals surface area contributed by atoms with Gasteiger partial charge in [-0.15, -0.1) is 0 Å². The van der Waals surface area contributed by atoms with Gasteiger partial charge in [0.05, 0.1) is 5.69 Å². The summed E-state index contributed by atoms with van der Waals surface area (Å²) in [7, 11) is 0. The number of para-hydroxylation sites is 1. The molecule has 0 unspecified atom stereocenters. The number of hydrogen-bond acceptors (Lipinski definition) is 4. The van der Waals surface area contributed by atoms with E-state index in [2.05, 4.69) is 4.98 Å². The number of rotatable bonds is 2. The van der Waals surface area contributed by atoms with Crippen molar-refractivity contribution in [1.29, 1.82) is 0 Å². The van der Waals surface area contributed by atoms with Crippen LogP contribution >= 0.6 is 0 Å². The Labute approximate surface area is 92.4 Å². The number of nitrogens with zero attached hydrogens (tertiary/aromatic N) is 1. The van der Waals surface area contributed by atoms with Gasteiger partial charge < -0.3 is 10.8 Å². The van der Waals surface area contributed by atoms with Crippen LogP contribution in [0.3, 0.4) is 0 Å². The number of anilines is 1. The highest BCUT2D eigenvalue weighted by molar-refractivity contribution is 6.12. The van der Waals surface area contributed by atoms with Crippen molar-refractivity contribution in [3.05, 3.63) is 53.9 Å². The fourth-order valence-corrected chi connectivity index (χ4v) is 1.41. The molecule has 0 aliphatic rings.